The molecule has 146 valence electrons. The smallest absolute Gasteiger partial charge is 0.305 e. The van der Waals surface area contributed by atoms with Gasteiger partial charge in [-0.3, -0.25) is 14.1 Å². The summed E-state index contributed by atoms with van der Waals surface area (Å²) >= 11 is 0. The Balaban J connectivity index is 3.43. The predicted octanol–water partition coefficient (Wildman–Crippen LogP) is 2.62. The molecule has 0 saturated heterocycles. The molecule has 0 aromatic rings. The van der Waals surface area contributed by atoms with E-state index in [1.54, 1.807) is 0 Å². The molecular formula is C17H31NO6S. The minimum absolute atomic E-state index is 0.140. The van der Waals surface area contributed by atoms with Crippen molar-refractivity contribution in [3.05, 3.63) is 12.7 Å². The molecule has 0 heterocycles. The molecule has 1 atom stereocenters. The average molecular weight is 378 g/mol. The van der Waals surface area contributed by atoms with Crippen molar-refractivity contribution in [2.75, 3.05) is 12.4 Å². The van der Waals surface area contributed by atoms with E-state index >= 15 is 0 Å². The molecule has 1 unspecified atom stereocenters. The Morgan fingerprint density at radius 1 is 1.12 bits per heavy atom. The number of ether oxygens (including phenoxy) is 1. The van der Waals surface area contributed by atoms with Crippen molar-refractivity contribution in [1.29, 1.82) is 0 Å². The van der Waals surface area contributed by atoms with Crippen LogP contribution in [-0.2, 0) is 24.4 Å². The zero-order valence-electron chi connectivity index (χ0n) is 15.0. The van der Waals surface area contributed by atoms with Crippen molar-refractivity contribution in [3.63, 3.8) is 0 Å². The molecule has 0 bridgehead atoms. The van der Waals surface area contributed by atoms with E-state index in [9.17, 15) is 18.0 Å². The lowest BCUT2D eigenvalue weighted by molar-refractivity contribution is -0.143. The Morgan fingerprint density at radius 2 is 1.76 bits per heavy atom. The van der Waals surface area contributed by atoms with Crippen LogP contribution in [0, 0.1) is 0 Å². The van der Waals surface area contributed by atoms with E-state index in [0.29, 0.717) is 12.8 Å². The summed E-state index contributed by atoms with van der Waals surface area (Å²) in [7, 11) is -3.93. The summed E-state index contributed by atoms with van der Waals surface area (Å²) in [6.45, 7) is 5.56. The van der Waals surface area contributed by atoms with Gasteiger partial charge in [0.1, 0.15) is 0 Å². The topological polar surface area (TPSA) is 110 Å². The number of esters is 1. The maximum absolute atomic E-state index is 11.5. The second-order valence-corrected chi connectivity index (χ2v) is 7.71. The van der Waals surface area contributed by atoms with E-state index in [-0.39, 0.29) is 36.7 Å². The van der Waals surface area contributed by atoms with Crippen LogP contribution in [0.1, 0.15) is 64.7 Å². The van der Waals surface area contributed by atoms with Gasteiger partial charge in [0.25, 0.3) is 10.1 Å². The molecule has 0 aliphatic carbocycles. The highest BCUT2D eigenvalue weighted by atomic mass is 32.2. The van der Waals surface area contributed by atoms with Crippen molar-refractivity contribution < 1.29 is 27.3 Å². The van der Waals surface area contributed by atoms with Gasteiger partial charge in [-0.1, -0.05) is 32.3 Å². The highest BCUT2D eigenvalue weighted by Gasteiger charge is 2.06. The van der Waals surface area contributed by atoms with Gasteiger partial charge < -0.3 is 10.1 Å². The molecule has 1 amide bonds. The fourth-order valence-electron chi connectivity index (χ4n) is 2.27. The van der Waals surface area contributed by atoms with Gasteiger partial charge in [0, 0.05) is 12.5 Å². The average Bonchev–Trinajstić information content (AvgIpc) is 2.52. The summed E-state index contributed by atoms with van der Waals surface area (Å²) in [5.74, 6) is -0.725. The zero-order valence-corrected chi connectivity index (χ0v) is 15.9. The quantitative estimate of drug-likeness (QED) is 0.196. The highest BCUT2D eigenvalue weighted by Crippen LogP contribution is 2.09. The van der Waals surface area contributed by atoms with E-state index in [1.165, 1.54) is 6.08 Å². The first-order chi connectivity index (χ1) is 11.7. The summed E-state index contributed by atoms with van der Waals surface area (Å²) in [6, 6.07) is 0.140. The van der Waals surface area contributed by atoms with Crippen molar-refractivity contribution >= 4 is 22.0 Å². The molecule has 7 nitrogen and oxygen atoms in total. The number of amides is 1. The largest absolute Gasteiger partial charge is 0.466 e. The highest BCUT2D eigenvalue weighted by molar-refractivity contribution is 7.85. The Bertz CT molecular complexity index is 503. The molecule has 0 rings (SSSR count). The van der Waals surface area contributed by atoms with E-state index < -0.39 is 10.1 Å². The lowest BCUT2D eigenvalue weighted by Crippen LogP contribution is -2.30. The van der Waals surface area contributed by atoms with E-state index in [1.807, 2.05) is 6.92 Å². The van der Waals surface area contributed by atoms with Gasteiger partial charge in [-0.05, 0) is 38.7 Å². The molecule has 0 saturated carbocycles. The van der Waals surface area contributed by atoms with Crippen molar-refractivity contribution in [2.24, 2.45) is 0 Å². The lowest BCUT2D eigenvalue weighted by atomic mass is 10.1. The van der Waals surface area contributed by atoms with Crippen LogP contribution in [-0.4, -0.2) is 43.2 Å². The minimum atomic E-state index is -3.93. The van der Waals surface area contributed by atoms with Crippen LogP contribution < -0.4 is 5.32 Å². The second-order valence-electron chi connectivity index (χ2n) is 6.13. The van der Waals surface area contributed by atoms with E-state index in [0.717, 1.165) is 38.5 Å². The molecule has 0 aliphatic heterocycles. The third-order valence-electron chi connectivity index (χ3n) is 3.65. The molecular weight excluding hydrogens is 346 g/mol. The number of carbonyl (C=O) groups excluding carboxylic acids is 2. The number of hydrogen-bond donors (Lipinski definition) is 2. The van der Waals surface area contributed by atoms with Gasteiger partial charge in [0.15, 0.2) is 0 Å². The van der Waals surface area contributed by atoms with Crippen LogP contribution >= 0.6 is 0 Å². The number of unbranched alkanes of at least 4 members (excludes halogenated alkanes) is 5. The van der Waals surface area contributed by atoms with Gasteiger partial charge in [-0.2, -0.15) is 8.42 Å². The normalized spacial score (nSPS) is 12.4. The third kappa shape index (κ3) is 17.2. The standard InChI is InChI=1S/C17H31NO6S/c1-3-16(19)18-15(2)11-7-5-4-6-8-12-17(20)24-13-9-10-14-25(21,22)23/h3,15H,1,4-14H2,2H3,(H,18,19)(H,21,22,23). The molecule has 0 aromatic carbocycles. The number of rotatable bonds is 15. The first-order valence-electron chi connectivity index (χ1n) is 8.78. The summed E-state index contributed by atoms with van der Waals surface area (Å²) in [5.41, 5.74) is 0. The van der Waals surface area contributed by atoms with Crippen molar-refractivity contribution in [2.45, 2.75) is 70.8 Å². The number of nitrogens with one attached hydrogen (secondary N) is 1. The van der Waals surface area contributed by atoms with Gasteiger partial charge >= 0.3 is 5.97 Å². The lowest BCUT2D eigenvalue weighted by Gasteiger charge is -2.11. The van der Waals surface area contributed by atoms with E-state index in [4.69, 9.17) is 9.29 Å². The summed E-state index contributed by atoms with van der Waals surface area (Å²) in [6.07, 6.45) is 8.08. The van der Waals surface area contributed by atoms with Gasteiger partial charge in [0.2, 0.25) is 5.91 Å². The van der Waals surface area contributed by atoms with Gasteiger partial charge in [-0.15, -0.1) is 0 Å². The first kappa shape index (κ1) is 23.6. The molecule has 0 radical (unpaired) electrons. The summed E-state index contributed by atoms with van der Waals surface area (Å²) in [5, 5.41) is 2.82. The molecule has 2 N–H and O–H groups in total. The molecule has 25 heavy (non-hydrogen) atoms. The maximum Gasteiger partial charge on any atom is 0.305 e. The summed E-state index contributed by atoms with van der Waals surface area (Å²) in [4.78, 5) is 22.6. The van der Waals surface area contributed by atoms with Crippen molar-refractivity contribution in [3.8, 4) is 0 Å². The maximum atomic E-state index is 11.5. The van der Waals surface area contributed by atoms with Crippen molar-refractivity contribution in [1.82, 2.24) is 5.32 Å². The van der Waals surface area contributed by atoms with Crippen LogP contribution in [0.25, 0.3) is 0 Å². The fourth-order valence-corrected chi connectivity index (χ4v) is 2.84. The van der Waals surface area contributed by atoms with E-state index in [2.05, 4.69) is 11.9 Å². The Kier molecular flexibility index (Phi) is 13.1. The molecule has 0 spiro atoms. The van der Waals surface area contributed by atoms with Crippen LogP contribution in [0.3, 0.4) is 0 Å². The first-order valence-corrected chi connectivity index (χ1v) is 10.4. The Labute approximate surface area is 151 Å². The fraction of sp³-hybridized carbons (Fsp3) is 0.765. The monoisotopic (exact) mass is 377 g/mol. The van der Waals surface area contributed by atoms with Crippen LogP contribution in [0.5, 0.6) is 0 Å². The van der Waals surface area contributed by atoms with Crippen LogP contribution in [0.4, 0.5) is 0 Å². The number of hydrogen-bond acceptors (Lipinski definition) is 5. The Morgan fingerprint density at radius 3 is 2.40 bits per heavy atom. The minimum Gasteiger partial charge on any atom is -0.466 e. The van der Waals surface area contributed by atoms with Crippen LogP contribution in [0.2, 0.25) is 0 Å². The van der Waals surface area contributed by atoms with Crippen LogP contribution in [0.15, 0.2) is 12.7 Å². The van der Waals surface area contributed by atoms with Gasteiger partial charge in [-0.25, -0.2) is 0 Å². The Hall–Kier alpha value is -1.41. The SMILES string of the molecule is C=CC(=O)NC(C)CCCCCCCC(=O)OCCCCS(=O)(=O)O. The third-order valence-corrected chi connectivity index (χ3v) is 4.46. The second kappa shape index (κ2) is 13.8. The molecule has 8 heteroatoms. The zero-order chi connectivity index (χ0) is 19.1. The number of carbonyl (C=O) groups is 2. The molecule has 0 fully saturated rings. The predicted molar refractivity (Wildman–Crippen MR) is 96.7 cm³/mol. The molecule has 0 aliphatic rings. The molecule has 0 aromatic heterocycles. The summed E-state index contributed by atoms with van der Waals surface area (Å²) < 4.78 is 34.6. The van der Waals surface area contributed by atoms with Gasteiger partial charge in [0.05, 0.1) is 12.4 Å².